The molecule has 5 aromatic rings. The molecule has 0 aliphatic heterocycles. The molecule has 8 heteroatoms. The Morgan fingerprint density at radius 1 is 0.946 bits per heavy atom. The average molecular weight is 512 g/mol. The van der Waals surface area contributed by atoms with E-state index in [0.717, 1.165) is 44.5 Å². The van der Waals surface area contributed by atoms with Crippen LogP contribution in [0, 0.1) is 6.92 Å². The van der Waals surface area contributed by atoms with Crippen LogP contribution in [0.15, 0.2) is 91.1 Å². The number of rotatable bonds is 8. The van der Waals surface area contributed by atoms with E-state index in [2.05, 4.69) is 16.3 Å². The van der Waals surface area contributed by atoms with E-state index in [1.165, 1.54) is 10.6 Å². The molecule has 0 aliphatic rings. The van der Waals surface area contributed by atoms with Crippen molar-refractivity contribution in [1.82, 2.24) is 15.2 Å². The minimum atomic E-state index is -3.62. The number of H-pyrrole nitrogens is 1. The van der Waals surface area contributed by atoms with Crippen molar-refractivity contribution in [2.45, 2.75) is 19.4 Å². The van der Waals surface area contributed by atoms with Crippen molar-refractivity contribution < 1.29 is 8.42 Å². The third-order valence-corrected chi connectivity index (χ3v) is 7.57. The third kappa shape index (κ3) is 5.40. The van der Waals surface area contributed by atoms with Crippen LogP contribution >= 0.6 is 0 Å². The number of aromatic nitrogens is 3. The highest BCUT2D eigenvalue weighted by Gasteiger charge is 2.23. The zero-order chi connectivity index (χ0) is 26.0. The lowest BCUT2D eigenvalue weighted by atomic mass is 9.97. The number of sulfonamides is 1. The lowest BCUT2D eigenvalue weighted by Gasteiger charge is -2.26. The molecule has 3 aromatic carbocycles. The fourth-order valence-electron chi connectivity index (χ4n) is 4.58. The zero-order valence-electron chi connectivity index (χ0n) is 20.8. The maximum absolute atomic E-state index is 12.9. The van der Waals surface area contributed by atoms with Gasteiger partial charge in [-0.1, -0.05) is 66.7 Å². The van der Waals surface area contributed by atoms with Gasteiger partial charge in [0.05, 0.1) is 35.0 Å². The Morgan fingerprint density at radius 3 is 2.35 bits per heavy atom. The number of aryl methyl sites for hydroxylation is 1. The molecule has 7 nitrogen and oxygen atoms in total. The molecule has 2 heterocycles. The van der Waals surface area contributed by atoms with Crippen LogP contribution in [0.3, 0.4) is 0 Å². The molecule has 1 atom stereocenters. The molecule has 0 fully saturated rings. The number of hydrogen-bond donors (Lipinski definition) is 2. The molecule has 0 spiro atoms. The van der Waals surface area contributed by atoms with Crippen molar-refractivity contribution in [1.29, 1.82) is 0 Å². The van der Waals surface area contributed by atoms with Gasteiger partial charge < -0.3 is 5.73 Å². The predicted octanol–water partition coefficient (Wildman–Crippen LogP) is 4.94. The molecule has 0 bridgehead atoms. The first-order valence-corrected chi connectivity index (χ1v) is 13.9. The van der Waals surface area contributed by atoms with Gasteiger partial charge in [0.15, 0.2) is 0 Å². The highest BCUT2D eigenvalue weighted by Crippen LogP contribution is 2.35. The van der Waals surface area contributed by atoms with E-state index in [9.17, 15) is 8.42 Å². The molecular weight excluding hydrogens is 482 g/mol. The van der Waals surface area contributed by atoms with Crippen molar-refractivity contribution in [2.24, 2.45) is 5.73 Å². The van der Waals surface area contributed by atoms with E-state index in [1.54, 1.807) is 6.20 Å². The number of hydrogen-bond acceptors (Lipinski definition) is 5. The first-order chi connectivity index (χ1) is 17.8. The predicted molar refractivity (Wildman–Crippen MR) is 150 cm³/mol. The lowest BCUT2D eigenvalue weighted by molar-refractivity contribution is 0.587. The summed E-state index contributed by atoms with van der Waals surface area (Å²) >= 11 is 0. The summed E-state index contributed by atoms with van der Waals surface area (Å²) in [6, 6.07) is 27.3. The quantitative estimate of drug-likeness (QED) is 0.307. The van der Waals surface area contributed by atoms with Gasteiger partial charge in [-0.15, -0.1) is 0 Å². The summed E-state index contributed by atoms with van der Waals surface area (Å²) in [7, 11) is -3.62. The Labute approximate surface area is 217 Å². The van der Waals surface area contributed by atoms with Crippen LogP contribution in [-0.2, 0) is 16.4 Å². The molecule has 2 aromatic heterocycles. The first kappa shape index (κ1) is 24.7. The number of nitrogens with zero attached hydrogens (tertiary/aromatic N) is 3. The van der Waals surface area contributed by atoms with Gasteiger partial charge in [0, 0.05) is 29.1 Å². The highest BCUT2D eigenvalue weighted by molar-refractivity contribution is 7.92. The van der Waals surface area contributed by atoms with Gasteiger partial charge in [-0.2, -0.15) is 5.10 Å². The number of nitrogens with two attached hydrogens (primary N) is 1. The molecule has 3 N–H and O–H groups in total. The highest BCUT2D eigenvalue weighted by atomic mass is 32.2. The van der Waals surface area contributed by atoms with Crippen LogP contribution in [0.2, 0.25) is 0 Å². The number of pyridine rings is 1. The van der Waals surface area contributed by atoms with Crippen LogP contribution in [-0.4, -0.2) is 42.4 Å². The topological polar surface area (TPSA) is 105 Å². The van der Waals surface area contributed by atoms with Crippen LogP contribution in [0.4, 0.5) is 5.69 Å². The Bertz CT molecular complexity index is 1630. The number of anilines is 1. The monoisotopic (exact) mass is 511 g/mol. The second kappa shape index (κ2) is 10.2. The minimum Gasteiger partial charge on any atom is -0.326 e. The van der Waals surface area contributed by atoms with Gasteiger partial charge >= 0.3 is 0 Å². The van der Waals surface area contributed by atoms with Gasteiger partial charge in [-0.3, -0.25) is 14.4 Å². The Hall–Kier alpha value is -4.01. The summed E-state index contributed by atoms with van der Waals surface area (Å²) in [5.41, 5.74) is 13.3. The Morgan fingerprint density at radius 2 is 1.65 bits per heavy atom. The molecule has 37 heavy (non-hydrogen) atoms. The number of nitrogens with one attached hydrogen (secondary N) is 1. The van der Waals surface area contributed by atoms with Crippen molar-refractivity contribution in [3.63, 3.8) is 0 Å². The van der Waals surface area contributed by atoms with Gasteiger partial charge in [-0.25, -0.2) is 8.42 Å². The van der Waals surface area contributed by atoms with Gasteiger partial charge in [0.1, 0.15) is 0 Å². The van der Waals surface area contributed by atoms with Crippen LogP contribution in [0.25, 0.3) is 33.3 Å². The van der Waals surface area contributed by atoms with Crippen molar-refractivity contribution in [2.75, 3.05) is 17.1 Å². The smallest absolute Gasteiger partial charge is 0.232 e. The Kier molecular flexibility index (Phi) is 6.78. The SMILES string of the molecule is Cc1n[nH]c2ccc(-c3cc(N(C[C@@H](N)Cc4ccccc4)S(C)(=O)=O)cnc3-c3ccccc3)cc12. The van der Waals surface area contributed by atoms with E-state index in [-0.39, 0.29) is 12.6 Å². The first-order valence-electron chi connectivity index (χ1n) is 12.1. The number of benzene rings is 3. The lowest BCUT2D eigenvalue weighted by Crippen LogP contribution is -2.42. The van der Waals surface area contributed by atoms with E-state index in [1.807, 2.05) is 85.8 Å². The summed E-state index contributed by atoms with van der Waals surface area (Å²) in [6.07, 6.45) is 3.38. The molecule has 0 saturated carbocycles. The summed E-state index contributed by atoms with van der Waals surface area (Å²) in [4.78, 5) is 4.77. The maximum atomic E-state index is 12.9. The van der Waals surface area contributed by atoms with Crippen molar-refractivity contribution in [3.05, 3.63) is 102 Å². The fourth-order valence-corrected chi connectivity index (χ4v) is 5.52. The van der Waals surface area contributed by atoms with E-state index in [0.29, 0.717) is 12.1 Å². The Balaban J connectivity index is 1.59. The molecule has 0 unspecified atom stereocenters. The number of aromatic amines is 1. The van der Waals surface area contributed by atoms with Gasteiger partial charge in [0.2, 0.25) is 10.0 Å². The molecule has 0 radical (unpaired) electrons. The standard InChI is InChI=1S/C29H29N5O2S/c1-20-26-16-23(13-14-28(26)33-32-20)27-17-25(18-31-29(27)22-11-7-4-8-12-22)34(37(2,35)36)19-24(30)15-21-9-5-3-6-10-21/h3-14,16-18,24H,15,19,30H2,1-2H3,(H,32,33)/t24-/m0/s1. The van der Waals surface area contributed by atoms with Crippen LogP contribution < -0.4 is 10.0 Å². The third-order valence-electron chi connectivity index (χ3n) is 6.41. The molecule has 0 amide bonds. The maximum Gasteiger partial charge on any atom is 0.232 e. The van der Waals surface area contributed by atoms with Gasteiger partial charge in [0.25, 0.3) is 0 Å². The average Bonchev–Trinajstić information content (AvgIpc) is 3.27. The van der Waals surface area contributed by atoms with E-state index >= 15 is 0 Å². The van der Waals surface area contributed by atoms with E-state index in [4.69, 9.17) is 10.7 Å². The second-order valence-corrected chi connectivity index (χ2v) is 11.2. The van der Waals surface area contributed by atoms with Crippen LogP contribution in [0.1, 0.15) is 11.3 Å². The summed E-state index contributed by atoms with van der Waals surface area (Å²) in [5, 5.41) is 8.36. The normalized spacial score (nSPS) is 12.5. The van der Waals surface area contributed by atoms with Crippen LogP contribution in [0.5, 0.6) is 0 Å². The van der Waals surface area contributed by atoms with Crippen molar-refractivity contribution in [3.8, 4) is 22.4 Å². The summed E-state index contributed by atoms with van der Waals surface area (Å²) in [5.74, 6) is 0. The molecular formula is C29H29N5O2S. The molecule has 0 aliphatic carbocycles. The molecule has 0 saturated heterocycles. The number of fused-ring (bicyclic) bond motifs is 1. The summed E-state index contributed by atoms with van der Waals surface area (Å²) in [6.45, 7) is 2.09. The zero-order valence-corrected chi connectivity index (χ0v) is 21.6. The van der Waals surface area contributed by atoms with Gasteiger partial charge in [-0.05, 0) is 42.7 Å². The van der Waals surface area contributed by atoms with E-state index < -0.39 is 10.0 Å². The second-order valence-electron chi connectivity index (χ2n) is 9.27. The van der Waals surface area contributed by atoms with Crippen molar-refractivity contribution >= 4 is 26.6 Å². The minimum absolute atomic E-state index is 0.138. The summed E-state index contributed by atoms with van der Waals surface area (Å²) < 4.78 is 27.2. The fraction of sp³-hybridized carbons (Fsp3) is 0.172. The molecule has 188 valence electrons. The molecule has 5 rings (SSSR count). The largest absolute Gasteiger partial charge is 0.326 e.